The van der Waals surface area contributed by atoms with E-state index in [0.717, 1.165) is 0 Å². The fourth-order valence-corrected chi connectivity index (χ4v) is 0.450. The van der Waals surface area contributed by atoms with Gasteiger partial charge in [-0.25, -0.2) is 0 Å². The van der Waals surface area contributed by atoms with Gasteiger partial charge in [-0.1, -0.05) is 0 Å². The first-order chi connectivity index (χ1) is 4.63. The molecule has 0 aromatic carbocycles. The molecule has 0 saturated carbocycles. The number of carboxylic acid groups (broad SMARTS) is 1. The maximum Gasteiger partial charge on any atom is 0.328 e. The highest BCUT2D eigenvalue weighted by Gasteiger charge is 2.35. The van der Waals surface area contributed by atoms with Crippen LogP contribution in [-0.2, 0) is 4.79 Å². The third-order valence-electron chi connectivity index (χ3n) is 1.43. The van der Waals surface area contributed by atoms with Gasteiger partial charge in [0.2, 0.25) is 0 Å². The zero-order chi connectivity index (χ0) is 8.20. The highest BCUT2D eigenvalue weighted by Crippen LogP contribution is 2.00. The first-order valence-electron chi connectivity index (χ1n) is 2.77. The summed E-state index contributed by atoms with van der Waals surface area (Å²) >= 11 is 0. The molecule has 0 aromatic rings. The van der Waals surface area contributed by atoms with Crippen molar-refractivity contribution in [3.05, 3.63) is 0 Å². The Morgan fingerprint density at radius 2 is 1.90 bits per heavy atom. The minimum Gasteiger partial charge on any atom is -0.480 e. The third kappa shape index (κ3) is 1.44. The standard InChI is InChI=1S/C5H11NO4/c1-6-5(2-7,3-8)4(9)10/h6-8H,2-3H2,1H3,(H,9,10). The molecule has 0 atom stereocenters. The van der Waals surface area contributed by atoms with Crippen molar-refractivity contribution in [1.82, 2.24) is 5.32 Å². The number of carboxylic acids is 1. The normalized spacial score (nSPS) is 11.5. The molecule has 5 nitrogen and oxygen atoms in total. The van der Waals surface area contributed by atoms with Crippen LogP contribution in [0.2, 0.25) is 0 Å². The Hall–Kier alpha value is -0.650. The fourth-order valence-electron chi connectivity index (χ4n) is 0.450. The van der Waals surface area contributed by atoms with E-state index in [1.807, 2.05) is 0 Å². The molecule has 4 N–H and O–H groups in total. The summed E-state index contributed by atoms with van der Waals surface area (Å²) in [5.41, 5.74) is -1.60. The van der Waals surface area contributed by atoms with Crippen LogP contribution < -0.4 is 5.32 Å². The third-order valence-corrected chi connectivity index (χ3v) is 1.43. The second-order valence-corrected chi connectivity index (χ2v) is 1.95. The van der Waals surface area contributed by atoms with E-state index >= 15 is 0 Å². The number of aliphatic carboxylic acids is 1. The Balaban J connectivity index is 4.31. The zero-order valence-electron chi connectivity index (χ0n) is 5.66. The minimum absolute atomic E-state index is 0.630. The highest BCUT2D eigenvalue weighted by molar-refractivity contribution is 5.79. The lowest BCUT2D eigenvalue weighted by Crippen LogP contribution is -2.56. The molecule has 10 heavy (non-hydrogen) atoms. The summed E-state index contributed by atoms with van der Waals surface area (Å²) in [4.78, 5) is 10.3. The quantitative estimate of drug-likeness (QED) is 0.371. The Bertz CT molecular complexity index is 113. The van der Waals surface area contributed by atoms with Crippen LogP contribution >= 0.6 is 0 Å². The van der Waals surface area contributed by atoms with Gasteiger partial charge in [0.15, 0.2) is 5.54 Å². The SMILES string of the molecule is CNC(CO)(CO)C(=O)O. The van der Waals surface area contributed by atoms with Crippen molar-refractivity contribution in [1.29, 1.82) is 0 Å². The maximum absolute atomic E-state index is 10.3. The molecule has 0 spiro atoms. The van der Waals surface area contributed by atoms with E-state index in [-0.39, 0.29) is 0 Å². The zero-order valence-corrected chi connectivity index (χ0v) is 5.66. The second kappa shape index (κ2) is 3.50. The molecule has 0 fully saturated rings. The van der Waals surface area contributed by atoms with E-state index in [0.29, 0.717) is 0 Å². The summed E-state index contributed by atoms with van der Waals surface area (Å²) in [6, 6.07) is 0. The van der Waals surface area contributed by atoms with Gasteiger partial charge >= 0.3 is 5.97 Å². The molecule has 0 bridgehead atoms. The predicted molar refractivity (Wildman–Crippen MR) is 33.6 cm³/mol. The molecule has 0 aromatic heterocycles. The molecule has 0 aliphatic carbocycles. The lowest BCUT2D eigenvalue weighted by molar-refractivity contribution is -0.148. The van der Waals surface area contributed by atoms with Crippen LogP contribution in [0.1, 0.15) is 0 Å². The van der Waals surface area contributed by atoms with Crippen LogP contribution in [0.25, 0.3) is 0 Å². The van der Waals surface area contributed by atoms with Gasteiger partial charge < -0.3 is 20.6 Å². The summed E-state index contributed by atoms with van der Waals surface area (Å²) in [6.07, 6.45) is 0. The van der Waals surface area contributed by atoms with Gasteiger partial charge in [-0.3, -0.25) is 4.79 Å². The lowest BCUT2D eigenvalue weighted by Gasteiger charge is -2.23. The topological polar surface area (TPSA) is 89.8 Å². The first kappa shape index (κ1) is 9.35. The molecule has 0 saturated heterocycles. The fraction of sp³-hybridized carbons (Fsp3) is 0.800. The Labute approximate surface area is 58.3 Å². The summed E-state index contributed by atoms with van der Waals surface area (Å²) in [5.74, 6) is -1.26. The summed E-state index contributed by atoms with van der Waals surface area (Å²) < 4.78 is 0. The van der Waals surface area contributed by atoms with Crippen molar-refractivity contribution >= 4 is 5.97 Å². The van der Waals surface area contributed by atoms with Gasteiger partial charge in [-0.15, -0.1) is 0 Å². The van der Waals surface area contributed by atoms with Gasteiger partial charge in [0, 0.05) is 0 Å². The van der Waals surface area contributed by atoms with Crippen molar-refractivity contribution in [2.45, 2.75) is 5.54 Å². The number of carbonyl (C=O) groups is 1. The van der Waals surface area contributed by atoms with Crippen molar-refractivity contribution < 1.29 is 20.1 Å². The molecule has 5 heteroatoms. The van der Waals surface area contributed by atoms with Crippen molar-refractivity contribution in [2.24, 2.45) is 0 Å². The second-order valence-electron chi connectivity index (χ2n) is 1.95. The lowest BCUT2D eigenvalue weighted by atomic mass is 10.0. The van der Waals surface area contributed by atoms with Gasteiger partial charge in [0.25, 0.3) is 0 Å². The van der Waals surface area contributed by atoms with Crippen LogP contribution in [-0.4, -0.2) is 47.1 Å². The predicted octanol–water partition coefficient (Wildman–Crippen LogP) is -1.99. The van der Waals surface area contributed by atoms with Crippen LogP contribution in [0, 0.1) is 0 Å². The number of aliphatic hydroxyl groups excluding tert-OH is 2. The average molecular weight is 149 g/mol. The Kier molecular flexibility index (Phi) is 3.27. The number of aliphatic hydroxyl groups is 2. The summed E-state index contributed by atoms with van der Waals surface area (Å²) in [7, 11) is 1.36. The molecule has 60 valence electrons. The van der Waals surface area contributed by atoms with E-state index in [1.165, 1.54) is 7.05 Å². The van der Waals surface area contributed by atoms with E-state index in [4.69, 9.17) is 15.3 Å². The number of hydrogen-bond donors (Lipinski definition) is 4. The smallest absolute Gasteiger partial charge is 0.328 e. The van der Waals surface area contributed by atoms with Crippen LogP contribution in [0.3, 0.4) is 0 Å². The average Bonchev–Trinajstić information content (AvgIpc) is 1.92. The van der Waals surface area contributed by atoms with Crippen molar-refractivity contribution in [3.8, 4) is 0 Å². The summed E-state index contributed by atoms with van der Waals surface area (Å²) in [5, 5.41) is 27.8. The number of rotatable bonds is 4. The maximum atomic E-state index is 10.3. The number of likely N-dealkylation sites (N-methyl/N-ethyl adjacent to an activating group) is 1. The molecular weight excluding hydrogens is 138 g/mol. The van der Waals surface area contributed by atoms with Crippen LogP contribution in [0.5, 0.6) is 0 Å². The minimum atomic E-state index is -1.60. The summed E-state index contributed by atoms with van der Waals surface area (Å²) in [6.45, 7) is -1.26. The van der Waals surface area contributed by atoms with E-state index in [1.54, 1.807) is 0 Å². The van der Waals surface area contributed by atoms with Gasteiger partial charge in [-0.05, 0) is 7.05 Å². The molecular formula is C5H11NO4. The molecule has 0 radical (unpaired) electrons. The molecule has 0 amide bonds. The van der Waals surface area contributed by atoms with E-state index in [2.05, 4.69) is 5.32 Å². The van der Waals surface area contributed by atoms with Crippen molar-refractivity contribution in [3.63, 3.8) is 0 Å². The highest BCUT2D eigenvalue weighted by atomic mass is 16.4. The van der Waals surface area contributed by atoms with Gasteiger partial charge in [0.05, 0.1) is 13.2 Å². The Morgan fingerprint density at radius 1 is 1.50 bits per heavy atom. The first-order valence-corrected chi connectivity index (χ1v) is 2.77. The Morgan fingerprint density at radius 3 is 1.90 bits per heavy atom. The number of hydrogen-bond acceptors (Lipinski definition) is 4. The van der Waals surface area contributed by atoms with Crippen LogP contribution in [0.15, 0.2) is 0 Å². The molecule has 0 unspecified atom stereocenters. The number of nitrogens with one attached hydrogen (secondary N) is 1. The van der Waals surface area contributed by atoms with E-state index in [9.17, 15) is 4.79 Å². The van der Waals surface area contributed by atoms with Crippen molar-refractivity contribution in [2.75, 3.05) is 20.3 Å². The van der Waals surface area contributed by atoms with E-state index < -0.39 is 24.7 Å². The molecule has 0 rings (SSSR count). The largest absolute Gasteiger partial charge is 0.480 e. The monoisotopic (exact) mass is 149 g/mol. The van der Waals surface area contributed by atoms with Gasteiger partial charge in [-0.2, -0.15) is 0 Å². The molecule has 0 aliphatic heterocycles. The van der Waals surface area contributed by atoms with Gasteiger partial charge in [0.1, 0.15) is 0 Å². The molecule has 0 aliphatic rings. The molecule has 0 heterocycles. The van der Waals surface area contributed by atoms with Crippen LogP contribution in [0.4, 0.5) is 0 Å².